The highest BCUT2D eigenvalue weighted by atomic mass is 35.5. The van der Waals surface area contributed by atoms with E-state index in [-0.39, 0.29) is 35.4 Å². The monoisotopic (exact) mass is 569 g/mol. The summed E-state index contributed by atoms with van der Waals surface area (Å²) < 4.78 is 46.8. The Labute approximate surface area is 226 Å². The molecule has 9 nitrogen and oxygen atoms in total. The number of nitrogens with zero attached hydrogens (tertiary/aromatic N) is 1. The van der Waals surface area contributed by atoms with Gasteiger partial charge in [-0.3, -0.25) is 4.79 Å². The number of ether oxygens (including phenoxy) is 3. The van der Waals surface area contributed by atoms with E-state index in [1.54, 1.807) is 18.2 Å². The maximum atomic E-state index is 13.1. The van der Waals surface area contributed by atoms with Crippen LogP contribution in [0.25, 0.3) is 11.5 Å². The third-order valence-corrected chi connectivity index (χ3v) is 6.30. The molecule has 1 aliphatic rings. The van der Waals surface area contributed by atoms with Crippen molar-refractivity contribution in [2.75, 3.05) is 6.61 Å². The Hall–Kier alpha value is -3.57. The molecular weight excluding hydrogens is 547 g/mol. The first-order chi connectivity index (χ1) is 18.1. The fourth-order valence-corrected chi connectivity index (χ4v) is 4.05. The van der Waals surface area contributed by atoms with Crippen LogP contribution >= 0.6 is 23.2 Å². The van der Waals surface area contributed by atoms with E-state index in [2.05, 4.69) is 15.0 Å². The van der Waals surface area contributed by atoms with E-state index >= 15 is 0 Å². The van der Waals surface area contributed by atoms with Gasteiger partial charge in [-0.2, -0.15) is 8.78 Å². The minimum atomic E-state index is -3.05. The fourth-order valence-electron chi connectivity index (χ4n) is 3.51. The molecule has 1 saturated carbocycles. The molecule has 1 aliphatic carbocycles. The lowest BCUT2D eigenvalue weighted by atomic mass is 10.2. The third-order valence-electron chi connectivity index (χ3n) is 5.60. The first-order valence-corrected chi connectivity index (χ1v) is 12.3. The zero-order valence-electron chi connectivity index (χ0n) is 20.0. The molecule has 1 unspecified atom stereocenters. The second-order valence-corrected chi connectivity index (χ2v) is 9.30. The molecule has 1 heterocycles. The van der Waals surface area contributed by atoms with Crippen molar-refractivity contribution in [3.8, 4) is 23.0 Å². The highest BCUT2D eigenvalue weighted by Gasteiger charge is 2.28. The van der Waals surface area contributed by atoms with Gasteiger partial charge in [0, 0.05) is 27.7 Å². The van der Waals surface area contributed by atoms with Crippen LogP contribution in [0.4, 0.5) is 13.6 Å². The van der Waals surface area contributed by atoms with Gasteiger partial charge in [0.15, 0.2) is 29.1 Å². The van der Waals surface area contributed by atoms with E-state index in [0.29, 0.717) is 33.7 Å². The summed E-state index contributed by atoms with van der Waals surface area (Å²) in [5.41, 5.74) is 5.74. The Kier molecular flexibility index (Phi) is 8.58. The van der Waals surface area contributed by atoms with Crippen LogP contribution < -0.4 is 20.5 Å². The van der Waals surface area contributed by atoms with E-state index < -0.39 is 24.7 Å². The predicted molar refractivity (Wildman–Crippen MR) is 134 cm³/mol. The molecule has 0 spiro atoms. The maximum Gasteiger partial charge on any atom is 0.405 e. The van der Waals surface area contributed by atoms with Crippen molar-refractivity contribution >= 4 is 35.2 Å². The van der Waals surface area contributed by atoms with Crippen LogP contribution in [0, 0.1) is 5.92 Å². The summed E-state index contributed by atoms with van der Waals surface area (Å²) >= 11 is 12.4. The molecule has 1 aromatic heterocycles. The zero-order chi connectivity index (χ0) is 27.4. The normalized spacial score (nSPS) is 13.7. The standard InChI is InChI=1S/C25H23Cl2F2N3O6/c1-12(36-25(30)34)21-20(22(33)31-10-15-16(26)3-2-4-17(15)27)32-23(38-21)14-7-8-18(37-24(28)29)19(9-14)35-11-13-5-6-13/h2-4,7-9,12-13,24H,5-6,10-11H2,1H3,(H2,30,34)(H,31,33). The Bertz CT molecular complexity index is 1310. The number of primary amides is 1. The van der Waals surface area contributed by atoms with E-state index in [9.17, 15) is 18.4 Å². The highest BCUT2D eigenvalue weighted by Crippen LogP contribution is 2.37. The maximum absolute atomic E-state index is 13.1. The van der Waals surface area contributed by atoms with Crippen molar-refractivity contribution in [3.63, 3.8) is 0 Å². The van der Waals surface area contributed by atoms with Crippen LogP contribution in [0.3, 0.4) is 0 Å². The van der Waals surface area contributed by atoms with Gasteiger partial charge in [0.05, 0.1) is 6.61 Å². The van der Waals surface area contributed by atoms with Crippen LogP contribution in [0.5, 0.6) is 11.5 Å². The number of nitrogens with one attached hydrogen (secondary N) is 1. The number of oxazole rings is 1. The lowest BCUT2D eigenvalue weighted by Gasteiger charge is -2.13. The summed E-state index contributed by atoms with van der Waals surface area (Å²) in [5.74, 6) is -0.559. The fraction of sp³-hybridized carbons (Fsp3) is 0.320. The Morgan fingerprint density at radius 3 is 2.53 bits per heavy atom. The molecule has 1 fully saturated rings. The van der Waals surface area contributed by atoms with Crippen LogP contribution in [0.1, 0.15) is 47.7 Å². The topological polar surface area (TPSA) is 126 Å². The molecule has 2 amide bonds. The molecular formula is C25H23Cl2F2N3O6. The third kappa shape index (κ3) is 6.84. The molecule has 38 heavy (non-hydrogen) atoms. The van der Waals surface area contributed by atoms with E-state index in [1.807, 2.05) is 0 Å². The average molecular weight is 570 g/mol. The molecule has 0 saturated heterocycles. The summed E-state index contributed by atoms with van der Waals surface area (Å²) in [5, 5.41) is 3.37. The number of aromatic nitrogens is 1. The average Bonchev–Trinajstić information content (AvgIpc) is 3.57. The summed E-state index contributed by atoms with van der Waals surface area (Å²) in [6.45, 7) is -1.29. The summed E-state index contributed by atoms with van der Waals surface area (Å²) in [4.78, 5) is 28.7. The number of carbonyl (C=O) groups is 2. The molecule has 202 valence electrons. The van der Waals surface area contributed by atoms with Crippen molar-refractivity contribution < 1.29 is 37.0 Å². The van der Waals surface area contributed by atoms with Crippen molar-refractivity contribution in [2.24, 2.45) is 11.7 Å². The number of rotatable bonds is 11. The molecule has 2 aromatic carbocycles. The zero-order valence-corrected chi connectivity index (χ0v) is 21.5. The number of hydrogen-bond donors (Lipinski definition) is 2. The van der Waals surface area contributed by atoms with Crippen LogP contribution in [0.15, 0.2) is 40.8 Å². The lowest BCUT2D eigenvalue weighted by Crippen LogP contribution is -2.25. The molecule has 1 atom stereocenters. The van der Waals surface area contributed by atoms with Gasteiger partial charge in [-0.1, -0.05) is 29.3 Å². The lowest BCUT2D eigenvalue weighted by molar-refractivity contribution is -0.0515. The molecule has 0 bridgehead atoms. The Morgan fingerprint density at radius 2 is 1.89 bits per heavy atom. The van der Waals surface area contributed by atoms with E-state index in [4.69, 9.17) is 42.8 Å². The minimum Gasteiger partial charge on any atom is -0.489 e. The molecule has 0 radical (unpaired) electrons. The van der Waals surface area contributed by atoms with Gasteiger partial charge in [0.2, 0.25) is 5.89 Å². The number of nitrogens with two attached hydrogens (primary N) is 1. The van der Waals surface area contributed by atoms with Gasteiger partial charge in [-0.15, -0.1) is 0 Å². The Balaban J connectivity index is 1.65. The molecule has 0 aliphatic heterocycles. The second kappa shape index (κ2) is 11.9. The molecule has 13 heteroatoms. The Morgan fingerprint density at radius 1 is 1.18 bits per heavy atom. The van der Waals surface area contributed by atoms with Crippen molar-refractivity contribution in [2.45, 2.75) is 39.0 Å². The molecule has 3 N–H and O–H groups in total. The van der Waals surface area contributed by atoms with E-state index in [1.165, 1.54) is 25.1 Å². The number of alkyl halides is 2. The number of amides is 2. The van der Waals surface area contributed by atoms with E-state index in [0.717, 1.165) is 12.8 Å². The van der Waals surface area contributed by atoms with Crippen LogP contribution in [-0.2, 0) is 11.3 Å². The molecule has 3 aromatic rings. The molecule has 4 rings (SSSR count). The number of halogens is 4. The van der Waals surface area contributed by atoms with Crippen molar-refractivity contribution in [1.82, 2.24) is 10.3 Å². The van der Waals surface area contributed by atoms with Gasteiger partial charge >= 0.3 is 12.7 Å². The van der Waals surface area contributed by atoms with Gasteiger partial charge in [0.1, 0.15) is 0 Å². The first-order valence-electron chi connectivity index (χ1n) is 11.5. The highest BCUT2D eigenvalue weighted by molar-refractivity contribution is 6.36. The number of hydrogen-bond acceptors (Lipinski definition) is 7. The largest absolute Gasteiger partial charge is 0.489 e. The van der Waals surface area contributed by atoms with Gasteiger partial charge in [-0.05, 0) is 56.0 Å². The van der Waals surface area contributed by atoms with Gasteiger partial charge in [-0.25, -0.2) is 9.78 Å². The number of carbonyl (C=O) groups excluding carboxylic acids is 2. The van der Waals surface area contributed by atoms with Crippen LogP contribution in [-0.4, -0.2) is 30.2 Å². The number of benzene rings is 2. The van der Waals surface area contributed by atoms with Crippen molar-refractivity contribution in [3.05, 3.63) is 63.5 Å². The SMILES string of the molecule is CC(OC(N)=O)c1oc(-c2ccc(OC(F)F)c(OCC3CC3)c2)nc1C(=O)NCc1c(Cl)cccc1Cl. The summed E-state index contributed by atoms with van der Waals surface area (Å²) in [6, 6.07) is 9.04. The predicted octanol–water partition coefficient (Wildman–Crippen LogP) is 6.12. The van der Waals surface area contributed by atoms with Gasteiger partial charge in [0.25, 0.3) is 5.91 Å². The van der Waals surface area contributed by atoms with Crippen LogP contribution in [0.2, 0.25) is 10.0 Å². The van der Waals surface area contributed by atoms with Gasteiger partial charge < -0.3 is 29.7 Å². The summed E-state index contributed by atoms with van der Waals surface area (Å²) in [6.07, 6.45) is -0.188. The smallest absolute Gasteiger partial charge is 0.405 e. The second-order valence-electron chi connectivity index (χ2n) is 8.49. The minimum absolute atomic E-state index is 0.0250. The van der Waals surface area contributed by atoms with Crippen molar-refractivity contribution in [1.29, 1.82) is 0 Å². The summed E-state index contributed by atoms with van der Waals surface area (Å²) in [7, 11) is 0. The quantitative estimate of drug-likeness (QED) is 0.284. The first kappa shape index (κ1) is 27.5.